The minimum Gasteiger partial charge on any atom is -0.308 e. The summed E-state index contributed by atoms with van der Waals surface area (Å²) in [6, 6.07) is 15.0. The van der Waals surface area contributed by atoms with Crippen LogP contribution in [0, 0.1) is 0 Å². The van der Waals surface area contributed by atoms with Crippen LogP contribution in [0.1, 0.15) is 12.6 Å². The highest BCUT2D eigenvalue weighted by Gasteiger charge is 2.16. The van der Waals surface area contributed by atoms with Crippen LogP contribution in [0.25, 0.3) is 0 Å². The Morgan fingerprint density at radius 2 is 2.04 bits per heavy atom. The van der Waals surface area contributed by atoms with E-state index >= 15 is 0 Å². The van der Waals surface area contributed by atoms with Gasteiger partial charge in [0.25, 0.3) is 0 Å². The number of aromatic nitrogens is 3. The number of thioether (sulfide) groups is 1. The predicted octanol–water partition coefficient (Wildman–Crippen LogP) is 4.10. The first-order valence-electron chi connectivity index (χ1n) is 7.77. The van der Waals surface area contributed by atoms with Crippen LogP contribution < -0.4 is 5.32 Å². The molecule has 1 amide bonds. The van der Waals surface area contributed by atoms with Gasteiger partial charge in [0.05, 0.1) is 22.5 Å². The third-order valence-electron chi connectivity index (χ3n) is 3.45. The molecule has 25 heavy (non-hydrogen) atoms. The molecule has 0 fully saturated rings. The molecule has 0 bridgehead atoms. The standard InChI is InChI=1S/C18H17ClN4OS/c1-13(25-16-8-3-2-7-15(16)19)18(24)21-17-9-11-23(22-17)12-14-6-4-5-10-20-14/h2-11,13H,12H2,1H3,(H,21,22,24). The fourth-order valence-corrected chi connectivity index (χ4v) is 3.34. The van der Waals surface area contributed by atoms with Gasteiger partial charge < -0.3 is 5.32 Å². The monoisotopic (exact) mass is 372 g/mol. The lowest BCUT2D eigenvalue weighted by Crippen LogP contribution is -2.22. The maximum Gasteiger partial charge on any atom is 0.238 e. The number of carbonyl (C=O) groups is 1. The number of hydrogen-bond donors (Lipinski definition) is 1. The SMILES string of the molecule is CC(Sc1ccccc1Cl)C(=O)Nc1ccn(Cc2ccccn2)n1. The zero-order valence-corrected chi connectivity index (χ0v) is 15.2. The number of benzene rings is 1. The normalized spacial score (nSPS) is 11.9. The molecule has 1 aromatic carbocycles. The summed E-state index contributed by atoms with van der Waals surface area (Å²) < 4.78 is 1.74. The van der Waals surface area contributed by atoms with E-state index in [4.69, 9.17) is 11.6 Å². The summed E-state index contributed by atoms with van der Waals surface area (Å²) in [7, 11) is 0. The number of pyridine rings is 1. The second-order valence-electron chi connectivity index (χ2n) is 5.40. The van der Waals surface area contributed by atoms with E-state index in [1.807, 2.05) is 55.6 Å². The summed E-state index contributed by atoms with van der Waals surface area (Å²) in [4.78, 5) is 17.5. The van der Waals surface area contributed by atoms with E-state index in [-0.39, 0.29) is 11.2 Å². The summed E-state index contributed by atoms with van der Waals surface area (Å²) in [5.74, 6) is 0.403. The minimum absolute atomic E-state index is 0.118. The van der Waals surface area contributed by atoms with Crippen molar-refractivity contribution in [1.82, 2.24) is 14.8 Å². The molecule has 0 spiro atoms. The molecule has 0 saturated carbocycles. The maximum atomic E-state index is 12.4. The van der Waals surface area contributed by atoms with Crippen molar-refractivity contribution in [3.8, 4) is 0 Å². The highest BCUT2D eigenvalue weighted by molar-refractivity contribution is 8.00. The van der Waals surface area contributed by atoms with Gasteiger partial charge in [-0.3, -0.25) is 14.5 Å². The van der Waals surface area contributed by atoms with Crippen LogP contribution in [0.2, 0.25) is 5.02 Å². The summed E-state index contributed by atoms with van der Waals surface area (Å²) in [6.45, 7) is 2.40. The Morgan fingerprint density at radius 3 is 2.80 bits per heavy atom. The van der Waals surface area contributed by atoms with Crippen molar-refractivity contribution >= 4 is 35.1 Å². The molecule has 0 saturated heterocycles. The third-order valence-corrected chi connectivity index (χ3v) is 5.07. The zero-order chi connectivity index (χ0) is 17.6. The molecule has 128 valence electrons. The van der Waals surface area contributed by atoms with Gasteiger partial charge in [-0.05, 0) is 31.2 Å². The molecule has 1 N–H and O–H groups in total. The van der Waals surface area contributed by atoms with Gasteiger partial charge >= 0.3 is 0 Å². The number of anilines is 1. The lowest BCUT2D eigenvalue weighted by atomic mass is 10.3. The van der Waals surface area contributed by atoms with Gasteiger partial charge in [0, 0.05) is 23.4 Å². The van der Waals surface area contributed by atoms with E-state index in [2.05, 4.69) is 15.4 Å². The molecule has 0 aliphatic carbocycles. The fourth-order valence-electron chi connectivity index (χ4n) is 2.19. The Bertz CT molecular complexity index is 853. The van der Waals surface area contributed by atoms with Crippen LogP contribution in [-0.4, -0.2) is 25.9 Å². The zero-order valence-electron chi connectivity index (χ0n) is 13.6. The molecule has 3 aromatic rings. The summed E-state index contributed by atoms with van der Waals surface area (Å²) >= 11 is 7.56. The molecule has 7 heteroatoms. The average molecular weight is 373 g/mol. The maximum absolute atomic E-state index is 12.4. The van der Waals surface area contributed by atoms with E-state index in [1.54, 1.807) is 16.9 Å². The van der Waals surface area contributed by atoms with E-state index in [0.29, 0.717) is 17.4 Å². The van der Waals surface area contributed by atoms with Gasteiger partial charge in [0.2, 0.25) is 5.91 Å². The van der Waals surface area contributed by atoms with Crippen molar-refractivity contribution in [2.45, 2.75) is 23.6 Å². The van der Waals surface area contributed by atoms with Crippen molar-refractivity contribution in [3.05, 3.63) is 71.6 Å². The summed E-state index contributed by atoms with van der Waals surface area (Å²) in [6.07, 6.45) is 3.56. The summed E-state index contributed by atoms with van der Waals surface area (Å²) in [5, 5.41) is 7.55. The molecule has 5 nitrogen and oxygen atoms in total. The largest absolute Gasteiger partial charge is 0.308 e. The molecular weight excluding hydrogens is 356 g/mol. The number of carbonyl (C=O) groups excluding carboxylic acids is 1. The number of hydrogen-bond acceptors (Lipinski definition) is 4. The van der Waals surface area contributed by atoms with Gasteiger partial charge in [-0.1, -0.05) is 29.8 Å². The van der Waals surface area contributed by atoms with Crippen LogP contribution in [0.4, 0.5) is 5.82 Å². The molecule has 2 aromatic heterocycles. The Hall–Kier alpha value is -2.31. The lowest BCUT2D eigenvalue weighted by molar-refractivity contribution is -0.115. The second-order valence-corrected chi connectivity index (χ2v) is 7.19. The van der Waals surface area contributed by atoms with Crippen molar-refractivity contribution < 1.29 is 4.79 Å². The molecular formula is C18H17ClN4OS. The van der Waals surface area contributed by atoms with E-state index in [0.717, 1.165) is 10.6 Å². The number of nitrogens with one attached hydrogen (secondary N) is 1. The Balaban J connectivity index is 1.58. The van der Waals surface area contributed by atoms with E-state index < -0.39 is 0 Å². The van der Waals surface area contributed by atoms with Crippen LogP contribution >= 0.6 is 23.4 Å². The minimum atomic E-state index is -0.291. The fraction of sp³-hybridized carbons (Fsp3) is 0.167. The number of nitrogens with zero attached hydrogens (tertiary/aromatic N) is 3. The predicted molar refractivity (Wildman–Crippen MR) is 101 cm³/mol. The smallest absolute Gasteiger partial charge is 0.238 e. The third kappa shape index (κ3) is 4.84. The van der Waals surface area contributed by atoms with Crippen molar-refractivity contribution in [2.24, 2.45) is 0 Å². The number of amides is 1. The Morgan fingerprint density at radius 1 is 1.24 bits per heavy atom. The summed E-state index contributed by atoms with van der Waals surface area (Å²) in [5.41, 5.74) is 0.908. The number of rotatable bonds is 6. The lowest BCUT2D eigenvalue weighted by Gasteiger charge is -2.11. The Labute approximate surface area is 155 Å². The van der Waals surface area contributed by atoms with Gasteiger partial charge in [-0.15, -0.1) is 11.8 Å². The molecule has 1 atom stereocenters. The van der Waals surface area contributed by atoms with E-state index in [1.165, 1.54) is 11.8 Å². The van der Waals surface area contributed by atoms with E-state index in [9.17, 15) is 4.79 Å². The van der Waals surface area contributed by atoms with Crippen molar-refractivity contribution in [2.75, 3.05) is 5.32 Å². The quantitative estimate of drug-likeness (QED) is 0.662. The first kappa shape index (κ1) is 17.5. The molecule has 1 unspecified atom stereocenters. The van der Waals surface area contributed by atoms with Crippen LogP contribution in [0.3, 0.4) is 0 Å². The van der Waals surface area contributed by atoms with Gasteiger partial charge in [-0.25, -0.2) is 0 Å². The molecule has 0 aliphatic heterocycles. The second kappa shape index (κ2) is 8.18. The van der Waals surface area contributed by atoms with Crippen LogP contribution in [-0.2, 0) is 11.3 Å². The van der Waals surface area contributed by atoms with Crippen LogP contribution in [0.5, 0.6) is 0 Å². The van der Waals surface area contributed by atoms with Crippen LogP contribution in [0.15, 0.2) is 65.8 Å². The first-order valence-corrected chi connectivity index (χ1v) is 9.03. The molecule has 2 heterocycles. The van der Waals surface area contributed by atoms with Gasteiger partial charge in [-0.2, -0.15) is 5.10 Å². The topological polar surface area (TPSA) is 59.8 Å². The Kier molecular flexibility index (Phi) is 5.73. The number of halogens is 1. The molecule has 0 aliphatic rings. The average Bonchev–Trinajstić information content (AvgIpc) is 3.04. The first-order chi connectivity index (χ1) is 12.1. The van der Waals surface area contributed by atoms with Gasteiger partial charge in [0.1, 0.15) is 0 Å². The molecule has 0 radical (unpaired) electrons. The van der Waals surface area contributed by atoms with Gasteiger partial charge in [0.15, 0.2) is 5.82 Å². The van der Waals surface area contributed by atoms with Crippen molar-refractivity contribution in [3.63, 3.8) is 0 Å². The van der Waals surface area contributed by atoms with Crippen molar-refractivity contribution in [1.29, 1.82) is 0 Å². The molecule has 3 rings (SSSR count). The highest BCUT2D eigenvalue weighted by atomic mass is 35.5. The highest BCUT2D eigenvalue weighted by Crippen LogP contribution is 2.30.